The molecule has 1 amide bonds. The van der Waals surface area contributed by atoms with Gasteiger partial charge in [0.05, 0.1) is 4.90 Å². The van der Waals surface area contributed by atoms with E-state index in [9.17, 15) is 13.2 Å². The lowest BCUT2D eigenvalue weighted by Gasteiger charge is -2.16. The molecule has 1 fully saturated rings. The number of amides is 1. The van der Waals surface area contributed by atoms with Crippen molar-refractivity contribution in [3.05, 3.63) is 41.4 Å². The van der Waals surface area contributed by atoms with Crippen molar-refractivity contribution < 1.29 is 13.2 Å². The van der Waals surface area contributed by atoms with Crippen LogP contribution >= 0.6 is 23.8 Å². The second kappa shape index (κ2) is 4.94. The average Bonchev–Trinajstić information content (AvgIpc) is 2.77. The van der Waals surface area contributed by atoms with Gasteiger partial charge in [-0.25, -0.2) is 12.7 Å². The fourth-order valence-electron chi connectivity index (χ4n) is 2.10. The first-order chi connectivity index (χ1) is 9.88. The maximum Gasteiger partial charge on any atom is 0.266 e. The maximum absolute atomic E-state index is 12.5. The Kier molecular flexibility index (Phi) is 3.35. The highest BCUT2D eigenvalue weighted by Gasteiger charge is 2.34. The second-order valence-corrected chi connectivity index (χ2v) is 7.20. The lowest BCUT2D eigenvalue weighted by atomic mass is 10.1. The molecule has 2 aromatic rings. The van der Waals surface area contributed by atoms with Crippen LogP contribution in [0.25, 0.3) is 10.8 Å². The van der Waals surface area contributed by atoms with Crippen LogP contribution in [0.4, 0.5) is 0 Å². The molecule has 0 aromatic heterocycles. The van der Waals surface area contributed by atoms with Crippen LogP contribution in [0.3, 0.4) is 0 Å². The minimum absolute atomic E-state index is 0.0798. The molecule has 0 bridgehead atoms. The van der Waals surface area contributed by atoms with Crippen LogP contribution in [0.1, 0.15) is 0 Å². The fourth-order valence-corrected chi connectivity index (χ4v) is 4.07. The summed E-state index contributed by atoms with van der Waals surface area (Å²) < 4.78 is 25.9. The molecule has 1 saturated heterocycles. The van der Waals surface area contributed by atoms with Crippen molar-refractivity contribution in [2.45, 2.75) is 4.90 Å². The van der Waals surface area contributed by atoms with Gasteiger partial charge in [-0.3, -0.25) is 4.79 Å². The zero-order valence-electron chi connectivity index (χ0n) is 10.5. The Bertz CT molecular complexity index is 880. The molecule has 0 unspecified atom stereocenters. The molecule has 8 heteroatoms. The smallest absolute Gasteiger partial charge is 0.266 e. The Morgan fingerprint density at radius 1 is 1.14 bits per heavy atom. The van der Waals surface area contributed by atoms with Crippen LogP contribution in [0, 0.1) is 0 Å². The van der Waals surface area contributed by atoms with Gasteiger partial charge in [-0.15, -0.1) is 0 Å². The van der Waals surface area contributed by atoms with Crippen LogP contribution in [-0.2, 0) is 14.8 Å². The van der Waals surface area contributed by atoms with Crippen molar-refractivity contribution in [2.75, 3.05) is 6.54 Å². The summed E-state index contributed by atoms with van der Waals surface area (Å²) >= 11 is 10.8. The number of sulfonamides is 1. The summed E-state index contributed by atoms with van der Waals surface area (Å²) in [6.07, 6.45) is 0. The van der Waals surface area contributed by atoms with Gasteiger partial charge < -0.3 is 5.32 Å². The Morgan fingerprint density at radius 2 is 1.81 bits per heavy atom. The molecule has 0 radical (unpaired) electrons. The lowest BCUT2D eigenvalue weighted by Crippen LogP contribution is -2.34. The highest BCUT2D eigenvalue weighted by atomic mass is 35.5. The number of hydrogen-bond donors (Lipinski definition) is 1. The number of benzene rings is 2. The average molecular weight is 341 g/mol. The van der Waals surface area contributed by atoms with E-state index in [0.29, 0.717) is 5.02 Å². The maximum atomic E-state index is 12.5. The minimum Gasteiger partial charge on any atom is -0.301 e. The molecule has 1 aliphatic rings. The molecule has 21 heavy (non-hydrogen) atoms. The zero-order valence-corrected chi connectivity index (χ0v) is 12.9. The van der Waals surface area contributed by atoms with Gasteiger partial charge in [-0.2, -0.15) is 0 Å². The summed E-state index contributed by atoms with van der Waals surface area (Å²) in [5, 5.41) is 4.36. The topological polar surface area (TPSA) is 66.5 Å². The molecule has 1 N–H and O–H groups in total. The van der Waals surface area contributed by atoms with E-state index in [1.54, 1.807) is 24.3 Å². The van der Waals surface area contributed by atoms with Crippen molar-refractivity contribution in [1.29, 1.82) is 0 Å². The van der Waals surface area contributed by atoms with Crippen LogP contribution in [0.5, 0.6) is 0 Å². The van der Waals surface area contributed by atoms with Gasteiger partial charge in [-0.1, -0.05) is 23.7 Å². The highest BCUT2D eigenvalue weighted by Crippen LogP contribution is 2.25. The van der Waals surface area contributed by atoms with E-state index in [1.165, 1.54) is 12.1 Å². The number of halogens is 1. The monoisotopic (exact) mass is 340 g/mol. The van der Waals surface area contributed by atoms with Gasteiger partial charge in [0, 0.05) is 5.02 Å². The number of carbonyl (C=O) groups excluding carboxylic acids is 1. The van der Waals surface area contributed by atoms with Gasteiger partial charge in [0.1, 0.15) is 6.54 Å². The van der Waals surface area contributed by atoms with Gasteiger partial charge >= 0.3 is 0 Å². The summed E-state index contributed by atoms with van der Waals surface area (Å²) in [5.41, 5.74) is 0. The van der Waals surface area contributed by atoms with E-state index in [0.717, 1.165) is 15.1 Å². The third-order valence-corrected chi connectivity index (χ3v) is 5.54. The number of hydrogen-bond acceptors (Lipinski definition) is 4. The van der Waals surface area contributed by atoms with Crippen molar-refractivity contribution in [3.8, 4) is 0 Å². The van der Waals surface area contributed by atoms with Gasteiger partial charge in [0.25, 0.3) is 10.0 Å². The van der Waals surface area contributed by atoms with Gasteiger partial charge in [0.2, 0.25) is 5.91 Å². The molecular formula is C13H9ClN2O3S2. The van der Waals surface area contributed by atoms with Gasteiger partial charge in [0.15, 0.2) is 5.11 Å². The molecule has 1 heterocycles. The predicted molar refractivity (Wildman–Crippen MR) is 83.6 cm³/mol. The van der Waals surface area contributed by atoms with Crippen LogP contribution in [0.2, 0.25) is 5.02 Å². The molecule has 5 nitrogen and oxygen atoms in total. The molecule has 3 rings (SSSR count). The number of rotatable bonds is 2. The fraction of sp³-hybridized carbons (Fsp3) is 0.0769. The van der Waals surface area contributed by atoms with Crippen molar-refractivity contribution >= 4 is 55.6 Å². The Morgan fingerprint density at radius 3 is 2.48 bits per heavy atom. The predicted octanol–water partition coefficient (Wildman–Crippen LogP) is 1.90. The van der Waals surface area contributed by atoms with Crippen LogP contribution < -0.4 is 5.32 Å². The quantitative estimate of drug-likeness (QED) is 0.848. The van der Waals surface area contributed by atoms with E-state index in [4.69, 9.17) is 23.8 Å². The normalized spacial score (nSPS) is 15.6. The number of fused-ring (bicyclic) bond motifs is 1. The number of nitrogens with zero attached hydrogens (tertiary/aromatic N) is 1. The van der Waals surface area contributed by atoms with E-state index in [-0.39, 0.29) is 16.6 Å². The second-order valence-electron chi connectivity index (χ2n) is 4.52. The Balaban J connectivity index is 2.09. The summed E-state index contributed by atoms with van der Waals surface area (Å²) in [4.78, 5) is 11.4. The first-order valence-electron chi connectivity index (χ1n) is 5.94. The zero-order chi connectivity index (χ0) is 15.2. The molecule has 0 saturated carbocycles. The first-order valence-corrected chi connectivity index (χ1v) is 8.16. The summed E-state index contributed by atoms with van der Waals surface area (Å²) in [5.74, 6) is -0.434. The molecule has 2 aromatic carbocycles. The molecule has 0 aliphatic carbocycles. The highest BCUT2D eigenvalue weighted by molar-refractivity contribution is 7.91. The van der Waals surface area contributed by atoms with Crippen molar-refractivity contribution in [1.82, 2.24) is 9.62 Å². The Hall–Kier alpha value is -1.70. The molecule has 0 atom stereocenters. The van der Waals surface area contributed by atoms with E-state index in [2.05, 4.69) is 5.32 Å². The summed E-state index contributed by atoms with van der Waals surface area (Å²) in [7, 11) is -3.85. The largest absolute Gasteiger partial charge is 0.301 e. The number of nitrogens with one attached hydrogen (secondary N) is 1. The number of thiocarbonyl (C=S) groups is 1. The lowest BCUT2D eigenvalue weighted by molar-refractivity contribution is -0.118. The van der Waals surface area contributed by atoms with Crippen LogP contribution in [0.15, 0.2) is 41.3 Å². The van der Waals surface area contributed by atoms with Crippen molar-refractivity contribution in [3.63, 3.8) is 0 Å². The third kappa shape index (κ3) is 2.48. The Labute approximate surface area is 131 Å². The van der Waals surface area contributed by atoms with Gasteiger partial charge in [-0.05, 0) is 47.3 Å². The van der Waals surface area contributed by atoms with E-state index >= 15 is 0 Å². The standard InChI is InChI=1S/C13H9ClN2O3S2/c14-10-3-1-9-6-11(4-2-8(9)5-10)21(18,19)16-7-12(17)15-13(16)20/h1-6H,7H2,(H,15,17,20). The van der Waals surface area contributed by atoms with E-state index in [1.807, 2.05) is 0 Å². The molecular weight excluding hydrogens is 332 g/mol. The summed E-state index contributed by atoms with van der Waals surface area (Å²) in [6.45, 7) is -0.292. The van der Waals surface area contributed by atoms with Crippen molar-refractivity contribution in [2.24, 2.45) is 0 Å². The third-order valence-electron chi connectivity index (χ3n) is 3.12. The van der Waals surface area contributed by atoms with E-state index < -0.39 is 15.9 Å². The molecule has 1 aliphatic heterocycles. The minimum atomic E-state index is -3.85. The number of carbonyl (C=O) groups is 1. The molecule has 0 spiro atoms. The molecule has 108 valence electrons. The summed E-state index contributed by atoms with van der Waals surface area (Å²) in [6, 6.07) is 9.85. The van der Waals surface area contributed by atoms with Crippen LogP contribution in [-0.4, -0.2) is 30.3 Å². The SMILES string of the molecule is O=C1CN(S(=O)(=O)c2ccc3cc(Cl)ccc3c2)C(=S)N1. The first kappa shape index (κ1) is 14.2.